The number of rotatable bonds is 19. The van der Waals surface area contributed by atoms with Crippen molar-refractivity contribution in [1.82, 2.24) is 5.32 Å². The molecule has 0 rings (SSSR count). The number of aliphatic carboxylic acids is 1. The van der Waals surface area contributed by atoms with Gasteiger partial charge in [0.15, 0.2) is 0 Å². The molecule has 0 saturated heterocycles. The first-order valence-electron chi connectivity index (χ1n) is 10.3. The minimum absolute atomic E-state index is 0.0124. The van der Waals surface area contributed by atoms with E-state index in [1.807, 2.05) is 0 Å². The molecule has 0 aromatic rings. The van der Waals surface area contributed by atoms with Gasteiger partial charge in [0, 0.05) is 19.4 Å². The SMILES string of the molecule is O=C(O)CCCCCCCCCCCCCCCCC(=O)NCCO. The number of amides is 1. The number of unbranched alkanes of at least 4 members (excludes halogenated alkanes) is 13. The van der Waals surface area contributed by atoms with Gasteiger partial charge in [0.2, 0.25) is 5.91 Å². The second-order valence-electron chi connectivity index (χ2n) is 6.92. The van der Waals surface area contributed by atoms with Gasteiger partial charge >= 0.3 is 5.97 Å². The molecule has 0 unspecified atom stereocenters. The van der Waals surface area contributed by atoms with Gasteiger partial charge in [-0.15, -0.1) is 0 Å². The van der Waals surface area contributed by atoms with Crippen molar-refractivity contribution in [1.29, 1.82) is 0 Å². The average molecular weight is 358 g/mol. The van der Waals surface area contributed by atoms with Gasteiger partial charge in [0.1, 0.15) is 0 Å². The maximum Gasteiger partial charge on any atom is 0.303 e. The molecule has 0 saturated carbocycles. The molecular weight excluding hydrogens is 318 g/mol. The van der Waals surface area contributed by atoms with Crippen molar-refractivity contribution >= 4 is 11.9 Å². The van der Waals surface area contributed by atoms with Crippen LogP contribution in [0, 0.1) is 0 Å². The smallest absolute Gasteiger partial charge is 0.303 e. The van der Waals surface area contributed by atoms with Gasteiger partial charge in [-0.3, -0.25) is 9.59 Å². The van der Waals surface area contributed by atoms with E-state index in [4.69, 9.17) is 10.2 Å². The molecule has 0 aromatic carbocycles. The van der Waals surface area contributed by atoms with Crippen LogP contribution in [0.1, 0.15) is 103 Å². The van der Waals surface area contributed by atoms with Crippen LogP contribution in [0.5, 0.6) is 0 Å². The quantitative estimate of drug-likeness (QED) is 0.299. The minimum Gasteiger partial charge on any atom is -0.481 e. The van der Waals surface area contributed by atoms with E-state index in [2.05, 4.69) is 5.32 Å². The van der Waals surface area contributed by atoms with E-state index in [0.29, 0.717) is 19.4 Å². The van der Waals surface area contributed by atoms with Crippen molar-refractivity contribution in [3.63, 3.8) is 0 Å². The number of nitrogens with one attached hydrogen (secondary N) is 1. The third-order valence-electron chi connectivity index (χ3n) is 4.48. The summed E-state index contributed by atoms with van der Waals surface area (Å²) < 4.78 is 0. The molecule has 0 heterocycles. The summed E-state index contributed by atoms with van der Waals surface area (Å²) in [5.41, 5.74) is 0. The van der Waals surface area contributed by atoms with E-state index in [1.54, 1.807) is 0 Å². The Morgan fingerprint density at radius 1 is 0.600 bits per heavy atom. The fourth-order valence-corrected chi connectivity index (χ4v) is 2.97. The summed E-state index contributed by atoms with van der Waals surface area (Å²) in [6, 6.07) is 0. The van der Waals surface area contributed by atoms with E-state index in [1.165, 1.54) is 64.2 Å². The highest BCUT2D eigenvalue weighted by Crippen LogP contribution is 2.13. The van der Waals surface area contributed by atoms with Crippen LogP contribution in [-0.2, 0) is 9.59 Å². The van der Waals surface area contributed by atoms with E-state index < -0.39 is 5.97 Å². The second-order valence-corrected chi connectivity index (χ2v) is 6.92. The summed E-state index contributed by atoms with van der Waals surface area (Å²) >= 11 is 0. The second kappa shape index (κ2) is 19.2. The van der Waals surface area contributed by atoms with E-state index in [0.717, 1.165) is 25.7 Å². The van der Waals surface area contributed by atoms with Crippen LogP contribution in [0.3, 0.4) is 0 Å². The first-order chi connectivity index (χ1) is 12.2. The molecule has 0 fully saturated rings. The zero-order valence-electron chi connectivity index (χ0n) is 15.9. The maximum atomic E-state index is 11.3. The molecule has 25 heavy (non-hydrogen) atoms. The zero-order valence-corrected chi connectivity index (χ0v) is 15.9. The monoisotopic (exact) mass is 357 g/mol. The molecule has 0 atom stereocenters. The van der Waals surface area contributed by atoms with Gasteiger partial charge in [-0.05, 0) is 12.8 Å². The van der Waals surface area contributed by atoms with Crippen molar-refractivity contribution in [3.8, 4) is 0 Å². The van der Waals surface area contributed by atoms with E-state index in [9.17, 15) is 9.59 Å². The molecule has 5 heteroatoms. The van der Waals surface area contributed by atoms with Crippen molar-refractivity contribution in [3.05, 3.63) is 0 Å². The van der Waals surface area contributed by atoms with Gasteiger partial charge in [0.25, 0.3) is 0 Å². The topological polar surface area (TPSA) is 86.6 Å². The highest BCUT2D eigenvalue weighted by atomic mass is 16.4. The lowest BCUT2D eigenvalue weighted by atomic mass is 10.0. The number of carboxylic acid groups (broad SMARTS) is 1. The molecule has 0 bridgehead atoms. The summed E-state index contributed by atoms with van der Waals surface area (Å²) in [7, 11) is 0. The van der Waals surface area contributed by atoms with E-state index in [-0.39, 0.29) is 12.5 Å². The van der Waals surface area contributed by atoms with Gasteiger partial charge in [-0.1, -0.05) is 77.0 Å². The summed E-state index contributed by atoms with van der Waals surface area (Å²) in [6.07, 6.45) is 17.6. The summed E-state index contributed by atoms with van der Waals surface area (Å²) in [6.45, 7) is 0.377. The summed E-state index contributed by atoms with van der Waals surface area (Å²) in [4.78, 5) is 21.7. The summed E-state index contributed by atoms with van der Waals surface area (Å²) in [5.74, 6) is -0.625. The Morgan fingerprint density at radius 3 is 1.32 bits per heavy atom. The Balaban J connectivity index is 3.07. The molecule has 3 N–H and O–H groups in total. The van der Waals surface area contributed by atoms with Gasteiger partial charge in [-0.25, -0.2) is 0 Å². The number of carboxylic acids is 1. The molecule has 0 aliphatic heterocycles. The maximum absolute atomic E-state index is 11.3. The standard InChI is InChI=1S/C20H39NO4/c22-18-17-21-19(23)15-13-11-9-7-5-3-1-2-4-6-8-10-12-14-16-20(24)25/h22H,1-18H2,(H,21,23)(H,24,25). The molecule has 5 nitrogen and oxygen atoms in total. The number of carbonyl (C=O) groups is 2. The fourth-order valence-electron chi connectivity index (χ4n) is 2.97. The van der Waals surface area contributed by atoms with Crippen LogP contribution in [0.15, 0.2) is 0 Å². The number of carbonyl (C=O) groups excluding carboxylic acids is 1. The number of hydrogen-bond acceptors (Lipinski definition) is 3. The Morgan fingerprint density at radius 2 is 0.960 bits per heavy atom. The van der Waals surface area contributed by atoms with Crippen molar-refractivity contribution in [2.45, 2.75) is 103 Å². The Hall–Kier alpha value is -1.10. The molecule has 1 amide bonds. The normalized spacial score (nSPS) is 10.8. The Kier molecular flexibility index (Phi) is 18.4. The van der Waals surface area contributed by atoms with Crippen LogP contribution in [0.4, 0.5) is 0 Å². The fraction of sp³-hybridized carbons (Fsp3) is 0.900. The number of aliphatic hydroxyl groups excluding tert-OH is 1. The van der Waals surface area contributed by atoms with Crippen LogP contribution in [-0.4, -0.2) is 35.2 Å². The van der Waals surface area contributed by atoms with Gasteiger partial charge < -0.3 is 15.5 Å². The molecule has 0 radical (unpaired) electrons. The summed E-state index contributed by atoms with van der Waals surface area (Å²) in [5, 5.41) is 19.8. The molecular formula is C20H39NO4. The van der Waals surface area contributed by atoms with E-state index >= 15 is 0 Å². The van der Waals surface area contributed by atoms with Gasteiger partial charge in [0.05, 0.1) is 6.61 Å². The molecule has 148 valence electrons. The minimum atomic E-state index is -0.677. The predicted molar refractivity (Wildman–Crippen MR) is 102 cm³/mol. The molecule has 0 aliphatic carbocycles. The van der Waals surface area contributed by atoms with Crippen molar-refractivity contribution in [2.75, 3.05) is 13.2 Å². The largest absolute Gasteiger partial charge is 0.481 e. The Bertz CT molecular complexity index is 321. The lowest BCUT2D eigenvalue weighted by molar-refractivity contribution is -0.137. The van der Waals surface area contributed by atoms with Crippen LogP contribution in [0.2, 0.25) is 0 Å². The third kappa shape index (κ3) is 20.9. The predicted octanol–water partition coefficient (Wildman–Crippen LogP) is 4.42. The first-order valence-corrected chi connectivity index (χ1v) is 10.3. The van der Waals surface area contributed by atoms with Crippen LogP contribution < -0.4 is 5.32 Å². The lowest BCUT2D eigenvalue weighted by Gasteiger charge is -2.04. The molecule has 0 spiro atoms. The lowest BCUT2D eigenvalue weighted by Crippen LogP contribution is -2.25. The van der Waals surface area contributed by atoms with Crippen molar-refractivity contribution < 1.29 is 19.8 Å². The zero-order chi connectivity index (χ0) is 18.6. The highest BCUT2D eigenvalue weighted by molar-refractivity contribution is 5.75. The first kappa shape index (κ1) is 23.9. The molecule has 0 aliphatic rings. The number of aliphatic hydroxyl groups is 1. The highest BCUT2D eigenvalue weighted by Gasteiger charge is 2.00. The average Bonchev–Trinajstić information content (AvgIpc) is 2.59. The number of hydrogen-bond donors (Lipinski definition) is 3. The van der Waals surface area contributed by atoms with Gasteiger partial charge in [-0.2, -0.15) is 0 Å². The van der Waals surface area contributed by atoms with Crippen molar-refractivity contribution in [2.24, 2.45) is 0 Å². The third-order valence-corrected chi connectivity index (χ3v) is 4.48. The molecule has 0 aromatic heterocycles. The van der Waals surface area contributed by atoms with Crippen LogP contribution in [0.25, 0.3) is 0 Å². The Labute approximate surface area is 153 Å². The van der Waals surface area contributed by atoms with Crippen LogP contribution >= 0.6 is 0 Å².